The number of hydrogen-bond donors (Lipinski definition) is 2. The molecule has 8 nitrogen and oxygen atoms in total. The molecule has 0 heterocycles. The minimum absolute atomic E-state index is 0.370. The van der Waals surface area contributed by atoms with Crippen molar-refractivity contribution in [3.05, 3.63) is 71.1 Å². The van der Waals surface area contributed by atoms with Crippen molar-refractivity contribution in [2.45, 2.75) is 12.8 Å². The van der Waals surface area contributed by atoms with Crippen molar-refractivity contribution >= 4 is 35.6 Å². The first kappa shape index (κ1) is 20.6. The van der Waals surface area contributed by atoms with Gasteiger partial charge in [-0.3, -0.25) is 9.59 Å². The third-order valence-electron chi connectivity index (χ3n) is 3.69. The molecule has 0 saturated carbocycles. The topological polar surface area (TPSA) is 110 Å². The van der Waals surface area contributed by atoms with Gasteiger partial charge in [-0.2, -0.15) is 9.48 Å². The number of carbonyl (C=O) groups excluding carboxylic acids is 2. The minimum atomic E-state index is -0.485. The van der Waals surface area contributed by atoms with Crippen LogP contribution in [-0.4, -0.2) is 46.8 Å². The number of para-hydroxylation sites is 2. The molecule has 0 radical (unpaired) electrons. The molecular weight excluding hydrogens is 360 g/mol. The van der Waals surface area contributed by atoms with Crippen LogP contribution in [0.5, 0.6) is 0 Å². The molecule has 0 aromatic heterocycles. The van der Waals surface area contributed by atoms with E-state index in [4.69, 9.17) is 0 Å². The largest absolute Gasteiger partial charge is 0.618 e. The number of unbranched alkanes of at least 4 members (excludes halogenated alkanes) is 1. The molecule has 0 bridgehead atoms. The summed E-state index contributed by atoms with van der Waals surface area (Å²) < 4.78 is 1.01. The molecule has 0 aliphatic carbocycles. The Morgan fingerprint density at radius 2 is 1.07 bits per heavy atom. The molecule has 8 heteroatoms. The average molecular weight is 382 g/mol. The van der Waals surface area contributed by atoms with Gasteiger partial charge >= 0.3 is 11.8 Å². The molecule has 0 spiro atoms. The molecular formula is C20H22N4O4. The molecule has 2 amide bonds. The van der Waals surface area contributed by atoms with Crippen molar-refractivity contribution in [3.8, 4) is 0 Å². The molecule has 146 valence electrons. The lowest BCUT2D eigenvalue weighted by Crippen LogP contribution is -2.30. The van der Waals surface area contributed by atoms with Gasteiger partial charge in [0.25, 0.3) is 0 Å². The van der Waals surface area contributed by atoms with Gasteiger partial charge in [0, 0.05) is 37.4 Å². The van der Waals surface area contributed by atoms with Gasteiger partial charge < -0.3 is 21.0 Å². The number of hydrogen-bond acceptors (Lipinski definition) is 4. The predicted molar refractivity (Wildman–Crippen MR) is 107 cm³/mol. The van der Waals surface area contributed by atoms with Gasteiger partial charge in [0.15, 0.2) is 0 Å². The maximum atomic E-state index is 11.8. The Labute approximate surface area is 163 Å². The highest BCUT2D eigenvalue weighted by molar-refractivity contribution is 6.24. The van der Waals surface area contributed by atoms with Crippen LogP contribution in [0, 0.1) is 10.4 Å². The normalized spacial score (nSPS) is 11.7. The lowest BCUT2D eigenvalue weighted by Gasteiger charge is -2.05. The Balaban J connectivity index is 1.62. The molecule has 0 unspecified atom stereocenters. The summed E-state index contributed by atoms with van der Waals surface area (Å²) in [6.45, 7) is 0.741. The van der Waals surface area contributed by atoms with Crippen LogP contribution in [0.1, 0.15) is 12.8 Å². The lowest BCUT2D eigenvalue weighted by molar-refractivity contribution is -0.354. The van der Waals surface area contributed by atoms with Crippen molar-refractivity contribution in [2.24, 2.45) is 0 Å². The number of nitrogens with zero attached hydrogens (tertiary/aromatic N) is 2. The fourth-order valence-electron chi connectivity index (χ4n) is 2.28. The Hall–Kier alpha value is -3.68. The molecule has 2 aromatic carbocycles. The highest BCUT2D eigenvalue weighted by Gasteiger charge is 2.06. The van der Waals surface area contributed by atoms with E-state index in [2.05, 4.69) is 10.6 Å². The Kier molecular flexibility index (Phi) is 8.19. The summed E-state index contributed by atoms with van der Waals surface area (Å²) in [4.78, 5) is 23.4. The maximum Gasteiger partial charge on any atom is 0.309 e. The van der Waals surface area contributed by atoms with Crippen LogP contribution >= 0.6 is 0 Å². The van der Waals surface area contributed by atoms with Crippen LogP contribution in [0.4, 0.5) is 11.4 Å². The smallest absolute Gasteiger partial charge is 0.309 e. The molecule has 0 atom stereocenters. The molecule has 0 aliphatic rings. The van der Waals surface area contributed by atoms with E-state index in [0.717, 1.165) is 12.4 Å². The third kappa shape index (κ3) is 7.28. The van der Waals surface area contributed by atoms with E-state index in [-0.39, 0.29) is 0 Å². The number of nitrogens with one attached hydrogen (secondary N) is 2. The SMILES string of the molecule is O=C(/C=[N+](\[O-])c1ccccc1)NCCCCNC(=O)/C=[N+](\[O-])c1ccccc1. The first-order chi connectivity index (χ1) is 13.6. The average Bonchev–Trinajstić information content (AvgIpc) is 2.71. The van der Waals surface area contributed by atoms with Crippen LogP contribution in [-0.2, 0) is 9.59 Å². The van der Waals surface area contributed by atoms with Crippen LogP contribution in [0.3, 0.4) is 0 Å². The van der Waals surface area contributed by atoms with E-state index < -0.39 is 11.8 Å². The molecule has 0 fully saturated rings. The summed E-state index contributed by atoms with van der Waals surface area (Å²) in [5.74, 6) is -0.970. The number of benzene rings is 2. The van der Waals surface area contributed by atoms with Crippen LogP contribution in [0.2, 0.25) is 0 Å². The van der Waals surface area contributed by atoms with E-state index in [9.17, 15) is 20.0 Å². The van der Waals surface area contributed by atoms with Crippen molar-refractivity contribution in [1.82, 2.24) is 10.6 Å². The van der Waals surface area contributed by atoms with Crippen molar-refractivity contribution in [2.75, 3.05) is 13.1 Å². The third-order valence-corrected chi connectivity index (χ3v) is 3.69. The molecule has 2 N–H and O–H groups in total. The highest BCUT2D eigenvalue weighted by Crippen LogP contribution is 2.08. The minimum Gasteiger partial charge on any atom is -0.618 e. The summed E-state index contributed by atoms with van der Waals surface area (Å²) in [5, 5.41) is 28.8. The number of amides is 2. The Bertz CT molecular complexity index is 764. The van der Waals surface area contributed by atoms with E-state index >= 15 is 0 Å². The van der Waals surface area contributed by atoms with Gasteiger partial charge in [-0.25, -0.2) is 0 Å². The van der Waals surface area contributed by atoms with Crippen molar-refractivity contribution in [1.29, 1.82) is 0 Å². The summed E-state index contributed by atoms with van der Waals surface area (Å²) in [5.41, 5.74) is 0.749. The second-order valence-corrected chi connectivity index (χ2v) is 5.87. The number of carbonyl (C=O) groups is 2. The zero-order valence-electron chi connectivity index (χ0n) is 15.3. The van der Waals surface area contributed by atoms with Gasteiger partial charge in [-0.15, -0.1) is 0 Å². The molecule has 28 heavy (non-hydrogen) atoms. The summed E-state index contributed by atoms with van der Waals surface area (Å²) in [7, 11) is 0. The van der Waals surface area contributed by atoms with E-state index in [1.165, 1.54) is 0 Å². The van der Waals surface area contributed by atoms with E-state index in [1.54, 1.807) is 60.7 Å². The molecule has 2 rings (SSSR count). The predicted octanol–water partition coefficient (Wildman–Crippen LogP) is 1.82. The summed E-state index contributed by atoms with van der Waals surface area (Å²) >= 11 is 0. The van der Waals surface area contributed by atoms with Gasteiger partial charge in [0.05, 0.1) is 0 Å². The summed E-state index contributed by atoms with van der Waals surface area (Å²) in [6, 6.07) is 16.8. The fraction of sp³-hybridized carbons (Fsp3) is 0.200. The first-order valence-electron chi connectivity index (χ1n) is 8.84. The Morgan fingerprint density at radius 1 is 0.714 bits per heavy atom. The first-order valence-corrected chi connectivity index (χ1v) is 8.84. The van der Waals surface area contributed by atoms with Crippen LogP contribution < -0.4 is 10.6 Å². The van der Waals surface area contributed by atoms with Gasteiger partial charge in [-0.1, -0.05) is 36.4 Å². The van der Waals surface area contributed by atoms with Gasteiger partial charge in [-0.05, 0) is 12.8 Å². The van der Waals surface area contributed by atoms with Gasteiger partial charge in [0.2, 0.25) is 23.8 Å². The molecule has 0 saturated heterocycles. The maximum absolute atomic E-state index is 11.8. The quantitative estimate of drug-likeness (QED) is 0.227. The molecule has 2 aromatic rings. The van der Waals surface area contributed by atoms with Crippen molar-refractivity contribution in [3.63, 3.8) is 0 Å². The van der Waals surface area contributed by atoms with E-state index in [1.807, 2.05) is 0 Å². The second kappa shape index (κ2) is 11.1. The fourth-order valence-corrected chi connectivity index (χ4v) is 2.28. The van der Waals surface area contributed by atoms with E-state index in [0.29, 0.717) is 46.8 Å². The monoisotopic (exact) mass is 382 g/mol. The summed E-state index contributed by atoms with van der Waals surface area (Å²) in [6.07, 6.45) is 3.12. The zero-order valence-corrected chi connectivity index (χ0v) is 15.3. The second-order valence-electron chi connectivity index (χ2n) is 5.87. The molecule has 0 aliphatic heterocycles. The number of rotatable bonds is 9. The van der Waals surface area contributed by atoms with Gasteiger partial charge in [0.1, 0.15) is 0 Å². The standard InChI is InChI=1S/C20H22N4O4/c25-19(15-23(27)17-9-3-1-4-10-17)21-13-7-8-14-22-20(26)16-24(28)18-11-5-2-6-12-18/h1-6,9-12,15-16H,7-8,13-14H2,(H,21,25)(H,22,26)/b23-15-,24-16-. The lowest BCUT2D eigenvalue weighted by atomic mass is 10.3. The van der Waals surface area contributed by atoms with Crippen molar-refractivity contribution < 1.29 is 19.1 Å². The van der Waals surface area contributed by atoms with Crippen LogP contribution in [0.25, 0.3) is 0 Å². The Morgan fingerprint density at radius 3 is 1.43 bits per heavy atom. The highest BCUT2D eigenvalue weighted by atomic mass is 16.5. The van der Waals surface area contributed by atoms with Crippen LogP contribution in [0.15, 0.2) is 60.7 Å². The zero-order chi connectivity index (χ0) is 20.2.